The Morgan fingerprint density at radius 2 is 1.55 bits per heavy atom. The van der Waals surface area contributed by atoms with Gasteiger partial charge >= 0.3 is 6.18 Å². The molecule has 1 unspecified atom stereocenters. The highest BCUT2D eigenvalue weighted by Gasteiger charge is 2.36. The molecule has 1 amide bonds. The van der Waals surface area contributed by atoms with Crippen LogP contribution in [0, 0.1) is 5.92 Å². The molecule has 2 fully saturated rings. The first-order valence-corrected chi connectivity index (χ1v) is 12.7. The van der Waals surface area contributed by atoms with Crippen molar-refractivity contribution in [2.24, 2.45) is 5.92 Å². The van der Waals surface area contributed by atoms with Crippen molar-refractivity contribution in [3.8, 4) is 0 Å². The third-order valence-corrected chi connectivity index (χ3v) is 8.15. The maximum atomic E-state index is 13.2. The summed E-state index contributed by atoms with van der Waals surface area (Å²) in [4.78, 5) is 15.0. The first-order valence-electron chi connectivity index (χ1n) is 11.2. The fourth-order valence-electron chi connectivity index (χ4n) is 4.86. The third-order valence-electron chi connectivity index (χ3n) is 6.61. The Morgan fingerprint density at radius 1 is 0.909 bits per heavy atom. The lowest BCUT2D eigenvalue weighted by atomic mass is 9.85. The van der Waals surface area contributed by atoms with Crippen molar-refractivity contribution < 1.29 is 26.4 Å². The van der Waals surface area contributed by atoms with E-state index in [-0.39, 0.29) is 28.8 Å². The van der Waals surface area contributed by atoms with E-state index in [2.05, 4.69) is 4.72 Å². The van der Waals surface area contributed by atoms with Crippen LogP contribution in [-0.4, -0.2) is 31.8 Å². The van der Waals surface area contributed by atoms with E-state index in [1.165, 1.54) is 0 Å². The minimum Gasteiger partial charge on any atom is -0.335 e. The SMILES string of the molecule is O=C(C1CCC(NS(=O)(=O)c2ccc(C(F)(F)F)cc2)CC1)N1CCCC1c1ccccc1. The van der Waals surface area contributed by atoms with Crippen molar-refractivity contribution in [1.29, 1.82) is 0 Å². The molecule has 1 heterocycles. The quantitative estimate of drug-likeness (QED) is 0.662. The number of carbonyl (C=O) groups is 1. The summed E-state index contributed by atoms with van der Waals surface area (Å²) in [5, 5.41) is 0. The highest BCUT2D eigenvalue weighted by Crippen LogP contribution is 2.36. The predicted molar refractivity (Wildman–Crippen MR) is 118 cm³/mol. The number of benzene rings is 2. The summed E-state index contributed by atoms with van der Waals surface area (Å²) in [5.41, 5.74) is 0.248. The molecule has 4 rings (SSSR count). The van der Waals surface area contributed by atoms with Crippen molar-refractivity contribution in [1.82, 2.24) is 9.62 Å². The Hall–Kier alpha value is -2.39. The molecule has 33 heavy (non-hydrogen) atoms. The second-order valence-corrected chi connectivity index (χ2v) is 10.5. The molecule has 178 valence electrons. The van der Waals surface area contributed by atoms with Gasteiger partial charge in [0.15, 0.2) is 0 Å². The van der Waals surface area contributed by atoms with Crippen LogP contribution in [0.5, 0.6) is 0 Å². The maximum Gasteiger partial charge on any atom is 0.416 e. The average Bonchev–Trinajstić information content (AvgIpc) is 3.29. The van der Waals surface area contributed by atoms with Crippen LogP contribution in [0.2, 0.25) is 0 Å². The zero-order valence-electron chi connectivity index (χ0n) is 18.1. The monoisotopic (exact) mass is 480 g/mol. The first-order chi connectivity index (χ1) is 15.6. The second kappa shape index (κ2) is 9.46. The summed E-state index contributed by atoms with van der Waals surface area (Å²) in [5.74, 6) is -0.00784. The Labute approximate surface area is 192 Å². The van der Waals surface area contributed by atoms with Crippen LogP contribution in [-0.2, 0) is 21.0 Å². The van der Waals surface area contributed by atoms with Gasteiger partial charge in [-0.3, -0.25) is 4.79 Å². The summed E-state index contributed by atoms with van der Waals surface area (Å²) >= 11 is 0. The van der Waals surface area contributed by atoms with Crippen LogP contribution in [0.15, 0.2) is 59.5 Å². The number of amides is 1. The van der Waals surface area contributed by atoms with E-state index in [1.54, 1.807) is 0 Å². The maximum absolute atomic E-state index is 13.2. The number of carbonyl (C=O) groups excluding carboxylic acids is 1. The van der Waals surface area contributed by atoms with Crippen LogP contribution < -0.4 is 4.72 Å². The van der Waals surface area contributed by atoms with Gasteiger partial charge in [-0.2, -0.15) is 13.2 Å². The third kappa shape index (κ3) is 5.41. The van der Waals surface area contributed by atoms with E-state index in [4.69, 9.17) is 0 Å². The van der Waals surface area contributed by atoms with Crippen molar-refractivity contribution in [3.63, 3.8) is 0 Å². The lowest BCUT2D eigenvalue weighted by molar-refractivity contribution is -0.138. The molecule has 0 bridgehead atoms. The van der Waals surface area contributed by atoms with Crippen LogP contribution in [0.4, 0.5) is 13.2 Å². The summed E-state index contributed by atoms with van der Waals surface area (Å²) in [6.07, 6.45) is -0.421. The Bertz CT molecular complexity index is 1060. The molecule has 0 radical (unpaired) electrons. The molecule has 1 atom stereocenters. The van der Waals surface area contributed by atoms with Crippen LogP contribution in [0.3, 0.4) is 0 Å². The van der Waals surface area contributed by atoms with Gasteiger partial charge in [-0.05, 0) is 68.4 Å². The average molecular weight is 481 g/mol. The highest BCUT2D eigenvalue weighted by atomic mass is 32.2. The van der Waals surface area contributed by atoms with Gasteiger partial charge in [-0.1, -0.05) is 30.3 Å². The number of hydrogen-bond donors (Lipinski definition) is 1. The van der Waals surface area contributed by atoms with Gasteiger partial charge in [0.05, 0.1) is 16.5 Å². The lowest BCUT2D eigenvalue weighted by Gasteiger charge is -2.33. The van der Waals surface area contributed by atoms with Gasteiger partial charge < -0.3 is 4.90 Å². The molecule has 2 aromatic carbocycles. The molecule has 1 aliphatic carbocycles. The molecule has 1 saturated carbocycles. The number of hydrogen-bond acceptors (Lipinski definition) is 3. The molecule has 1 aliphatic heterocycles. The minimum absolute atomic E-state index is 0.0922. The molecule has 1 saturated heterocycles. The van der Waals surface area contributed by atoms with Gasteiger partial charge in [-0.15, -0.1) is 0 Å². The van der Waals surface area contributed by atoms with Gasteiger partial charge in [0.1, 0.15) is 0 Å². The zero-order valence-corrected chi connectivity index (χ0v) is 18.9. The molecular formula is C24H27F3N2O3S. The minimum atomic E-state index is -4.52. The molecule has 9 heteroatoms. The Balaban J connectivity index is 1.34. The molecule has 0 spiro atoms. The number of rotatable bonds is 5. The molecule has 5 nitrogen and oxygen atoms in total. The van der Waals surface area contributed by atoms with E-state index in [0.29, 0.717) is 25.7 Å². The van der Waals surface area contributed by atoms with Crippen LogP contribution in [0.1, 0.15) is 55.7 Å². The molecule has 2 aromatic rings. The molecule has 1 N–H and O–H groups in total. The number of alkyl halides is 3. The van der Waals surface area contributed by atoms with Crippen LogP contribution >= 0.6 is 0 Å². The summed E-state index contributed by atoms with van der Waals surface area (Å²) in [7, 11) is -3.93. The lowest BCUT2D eigenvalue weighted by Crippen LogP contribution is -2.42. The Morgan fingerprint density at radius 3 is 2.15 bits per heavy atom. The summed E-state index contributed by atoms with van der Waals surface area (Å²) in [6, 6.07) is 13.2. The number of halogens is 3. The van der Waals surface area contributed by atoms with Gasteiger partial charge in [-0.25, -0.2) is 13.1 Å². The number of sulfonamides is 1. The molecular weight excluding hydrogens is 453 g/mol. The number of likely N-dealkylation sites (tertiary alicyclic amines) is 1. The van der Waals surface area contributed by atoms with Gasteiger partial charge in [0.25, 0.3) is 0 Å². The second-order valence-electron chi connectivity index (χ2n) is 8.79. The van der Waals surface area contributed by atoms with E-state index >= 15 is 0 Å². The van der Waals surface area contributed by atoms with Crippen molar-refractivity contribution in [2.75, 3.05) is 6.54 Å². The summed E-state index contributed by atoms with van der Waals surface area (Å²) in [6.45, 7) is 0.735. The Kier molecular flexibility index (Phi) is 6.81. The predicted octanol–water partition coefficient (Wildman–Crippen LogP) is 4.91. The number of nitrogens with one attached hydrogen (secondary N) is 1. The summed E-state index contributed by atoms with van der Waals surface area (Å²) < 4.78 is 66.0. The normalized spacial score (nSPS) is 24.1. The van der Waals surface area contributed by atoms with Crippen molar-refractivity contribution >= 4 is 15.9 Å². The van der Waals surface area contributed by atoms with Crippen molar-refractivity contribution in [2.45, 2.75) is 61.7 Å². The fraction of sp³-hybridized carbons (Fsp3) is 0.458. The van der Waals surface area contributed by atoms with E-state index in [0.717, 1.165) is 49.2 Å². The highest BCUT2D eigenvalue weighted by molar-refractivity contribution is 7.89. The molecule has 2 aliphatic rings. The van der Waals surface area contributed by atoms with Gasteiger partial charge in [0, 0.05) is 18.5 Å². The zero-order chi connectivity index (χ0) is 23.6. The van der Waals surface area contributed by atoms with Gasteiger partial charge in [0.2, 0.25) is 15.9 Å². The van der Waals surface area contributed by atoms with Crippen LogP contribution in [0.25, 0.3) is 0 Å². The number of nitrogens with zero attached hydrogens (tertiary/aromatic N) is 1. The smallest absolute Gasteiger partial charge is 0.335 e. The molecule has 0 aromatic heterocycles. The first kappa shape index (κ1) is 23.8. The standard InChI is InChI=1S/C24H27F3N2O3S/c25-24(26,27)19-10-14-21(15-11-19)33(31,32)28-20-12-8-18(9-13-20)23(30)29-16-4-7-22(29)17-5-2-1-3-6-17/h1-3,5-6,10-11,14-15,18,20,22,28H,4,7-9,12-13,16H2. The van der Waals surface area contributed by atoms with Crippen molar-refractivity contribution in [3.05, 3.63) is 65.7 Å². The van der Waals surface area contributed by atoms with E-state index < -0.39 is 21.8 Å². The topological polar surface area (TPSA) is 66.5 Å². The van der Waals surface area contributed by atoms with E-state index in [9.17, 15) is 26.4 Å². The largest absolute Gasteiger partial charge is 0.416 e. The fourth-order valence-corrected chi connectivity index (χ4v) is 6.16. The van der Waals surface area contributed by atoms with E-state index in [1.807, 2.05) is 35.2 Å².